The molecule has 1 aromatic carbocycles. The van der Waals surface area contributed by atoms with Gasteiger partial charge in [0.2, 0.25) is 0 Å². The number of benzene rings is 1. The van der Waals surface area contributed by atoms with Gasteiger partial charge in [-0.05, 0) is 49.9 Å². The number of ether oxygens (including phenoxy) is 1. The van der Waals surface area contributed by atoms with Crippen molar-refractivity contribution in [2.45, 2.75) is 32.7 Å². The third-order valence-corrected chi connectivity index (χ3v) is 3.40. The first-order valence-corrected chi connectivity index (χ1v) is 7.34. The molecule has 0 saturated heterocycles. The number of aryl methyl sites for hydroxylation is 2. The summed E-state index contributed by atoms with van der Waals surface area (Å²) in [6, 6.07) is 6.67. The third-order valence-electron chi connectivity index (χ3n) is 3.40. The smallest absolute Gasteiger partial charge is 0.275 e. The van der Waals surface area contributed by atoms with Crippen molar-refractivity contribution in [2.75, 3.05) is 26.7 Å². The summed E-state index contributed by atoms with van der Waals surface area (Å²) in [6.07, 6.45) is 2.28. The van der Waals surface area contributed by atoms with E-state index in [1.807, 2.05) is 19.2 Å². The zero-order chi connectivity index (χ0) is 14.5. The molecule has 20 heavy (non-hydrogen) atoms. The molecular weight excluding hydrogens is 252 g/mol. The number of rotatable bonds is 7. The van der Waals surface area contributed by atoms with E-state index >= 15 is 0 Å². The second-order valence-corrected chi connectivity index (χ2v) is 5.90. The van der Waals surface area contributed by atoms with E-state index in [0.29, 0.717) is 19.2 Å². The molecule has 1 atom stereocenters. The van der Waals surface area contributed by atoms with Gasteiger partial charge in [-0.1, -0.05) is 6.07 Å². The van der Waals surface area contributed by atoms with E-state index in [1.165, 1.54) is 16.0 Å². The van der Waals surface area contributed by atoms with Crippen LogP contribution in [-0.4, -0.2) is 38.7 Å². The molecule has 0 aromatic heterocycles. The van der Waals surface area contributed by atoms with Gasteiger partial charge in [0, 0.05) is 6.04 Å². The van der Waals surface area contributed by atoms with E-state index in [2.05, 4.69) is 25.2 Å². The highest BCUT2D eigenvalue weighted by atomic mass is 16.5. The van der Waals surface area contributed by atoms with Gasteiger partial charge >= 0.3 is 0 Å². The monoisotopic (exact) mass is 277 g/mol. The van der Waals surface area contributed by atoms with Crippen LogP contribution in [0.5, 0.6) is 5.75 Å². The Hall–Kier alpha value is -1.55. The Labute approximate surface area is 121 Å². The Morgan fingerprint density at radius 1 is 1.30 bits per heavy atom. The van der Waals surface area contributed by atoms with Crippen LogP contribution in [0.4, 0.5) is 0 Å². The van der Waals surface area contributed by atoms with Crippen LogP contribution in [0.25, 0.3) is 0 Å². The van der Waals surface area contributed by atoms with Crippen LogP contribution in [0, 0.1) is 13.8 Å². The minimum atomic E-state index is 0.149. The topological polar surface area (TPSA) is 42.8 Å². The summed E-state index contributed by atoms with van der Waals surface area (Å²) in [5.41, 5.74) is 2.43. The Morgan fingerprint density at radius 2 is 1.95 bits per heavy atom. The molecule has 0 heterocycles. The predicted molar refractivity (Wildman–Crippen MR) is 79.2 cm³/mol. The highest BCUT2D eigenvalue weighted by Gasteiger charge is 2.24. The average Bonchev–Trinajstić information content (AvgIpc) is 3.11. The minimum absolute atomic E-state index is 0.149. The number of amides is 1. The summed E-state index contributed by atoms with van der Waals surface area (Å²) in [5, 5.41) is 3.01. The Kier molecular flexibility index (Phi) is 5.01. The largest absolute Gasteiger partial charge is 0.488 e. The van der Waals surface area contributed by atoms with Gasteiger partial charge in [-0.15, -0.1) is 0 Å². The lowest BCUT2D eigenvalue weighted by molar-refractivity contribution is -0.871. The van der Waals surface area contributed by atoms with Crippen LogP contribution in [0.3, 0.4) is 0 Å². The van der Waals surface area contributed by atoms with Crippen molar-refractivity contribution in [3.8, 4) is 5.75 Å². The molecule has 1 fully saturated rings. The van der Waals surface area contributed by atoms with E-state index in [1.54, 1.807) is 0 Å². The number of carbonyl (C=O) groups excluding carboxylic acids is 1. The number of likely N-dealkylation sites (N-methyl/N-ethyl adjacent to an activating group) is 1. The number of hydrogen-bond donors (Lipinski definition) is 2. The molecular formula is C16H25N2O2+. The summed E-state index contributed by atoms with van der Waals surface area (Å²) in [4.78, 5) is 12.8. The van der Waals surface area contributed by atoms with Gasteiger partial charge in [0.05, 0.1) is 7.05 Å². The highest BCUT2D eigenvalue weighted by Crippen LogP contribution is 2.18. The SMILES string of the molecule is Cc1cc(C)cc(OCC[NH+](C)CC(=O)NC2CC2)c1. The van der Waals surface area contributed by atoms with E-state index in [-0.39, 0.29) is 5.91 Å². The second kappa shape index (κ2) is 6.75. The fourth-order valence-electron chi connectivity index (χ4n) is 2.23. The first-order chi connectivity index (χ1) is 9.52. The van der Waals surface area contributed by atoms with Crippen LogP contribution in [0.2, 0.25) is 0 Å². The van der Waals surface area contributed by atoms with Crippen LogP contribution in [0.1, 0.15) is 24.0 Å². The number of nitrogens with one attached hydrogen (secondary N) is 2. The Morgan fingerprint density at radius 3 is 2.55 bits per heavy atom. The fourth-order valence-corrected chi connectivity index (χ4v) is 2.23. The molecule has 1 unspecified atom stereocenters. The fraction of sp³-hybridized carbons (Fsp3) is 0.562. The maximum Gasteiger partial charge on any atom is 0.275 e. The first kappa shape index (κ1) is 14.9. The van der Waals surface area contributed by atoms with Gasteiger partial charge in [0.25, 0.3) is 5.91 Å². The summed E-state index contributed by atoms with van der Waals surface area (Å²) in [7, 11) is 2.03. The molecule has 1 aliphatic rings. The molecule has 2 rings (SSSR count). The molecule has 4 nitrogen and oxygen atoms in total. The standard InChI is InChI=1S/C16H24N2O2/c1-12-8-13(2)10-15(9-12)20-7-6-18(3)11-16(19)17-14-4-5-14/h8-10,14H,4-7,11H2,1-3H3,(H,17,19)/p+1. The molecule has 0 radical (unpaired) electrons. The number of carbonyl (C=O) groups is 1. The molecule has 110 valence electrons. The van der Waals surface area contributed by atoms with Gasteiger partial charge in [0.15, 0.2) is 6.54 Å². The number of quaternary nitrogens is 1. The lowest BCUT2D eigenvalue weighted by Gasteiger charge is -2.14. The molecule has 0 aliphatic heterocycles. The van der Waals surface area contributed by atoms with Crippen molar-refractivity contribution < 1.29 is 14.4 Å². The Balaban J connectivity index is 1.67. The van der Waals surface area contributed by atoms with E-state index in [0.717, 1.165) is 25.1 Å². The Bertz CT molecular complexity index is 449. The first-order valence-electron chi connectivity index (χ1n) is 7.34. The van der Waals surface area contributed by atoms with Crippen LogP contribution < -0.4 is 15.0 Å². The zero-order valence-corrected chi connectivity index (χ0v) is 12.7. The molecule has 1 amide bonds. The van der Waals surface area contributed by atoms with Crippen molar-refractivity contribution in [3.05, 3.63) is 29.3 Å². The van der Waals surface area contributed by atoms with Crippen molar-refractivity contribution >= 4 is 5.91 Å². The maximum atomic E-state index is 11.7. The predicted octanol–water partition coefficient (Wildman–Crippen LogP) is 0.476. The molecule has 1 aromatic rings. The summed E-state index contributed by atoms with van der Waals surface area (Å²) in [5.74, 6) is 1.06. The van der Waals surface area contributed by atoms with E-state index in [9.17, 15) is 4.79 Å². The molecule has 0 spiro atoms. The van der Waals surface area contributed by atoms with Crippen molar-refractivity contribution in [3.63, 3.8) is 0 Å². The van der Waals surface area contributed by atoms with Crippen LogP contribution in [0.15, 0.2) is 18.2 Å². The van der Waals surface area contributed by atoms with Crippen LogP contribution >= 0.6 is 0 Å². The molecule has 2 N–H and O–H groups in total. The quantitative estimate of drug-likeness (QED) is 0.761. The number of hydrogen-bond acceptors (Lipinski definition) is 2. The third kappa shape index (κ3) is 5.21. The highest BCUT2D eigenvalue weighted by molar-refractivity contribution is 5.77. The second-order valence-electron chi connectivity index (χ2n) is 5.90. The van der Waals surface area contributed by atoms with Gasteiger partial charge in [-0.2, -0.15) is 0 Å². The van der Waals surface area contributed by atoms with Crippen molar-refractivity contribution in [2.24, 2.45) is 0 Å². The zero-order valence-electron chi connectivity index (χ0n) is 12.7. The normalized spacial score (nSPS) is 15.8. The van der Waals surface area contributed by atoms with Gasteiger partial charge in [0.1, 0.15) is 18.9 Å². The summed E-state index contributed by atoms with van der Waals surface area (Å²) < 4.78 is 5.76. The minimum Gasteiger partial charge on any atom is -0.488 e. The van der Waals surface area contributed by atoms with Gasteiger partial charge < -0.3 is 15.0 Å². The van der Waals surface area contributed by atoms with E-state index < -0.39 is 0 Å². The maximum absolute atomic E-state index is 11.7. The van der Waals surface area contributed by atoms with Gasteiger partial charge in [-0.3, -0.25) is 4.79 Å². The molecule has 1 saturated carbocycles. The summed E-state index contributed by atoms with van der Waals surface area (Å²) >= 11 is 0. The van der Waals surface area contributed by atoms with E-state index in [4.69, 9.17) is 4.74 Å². The van der Waals surface area contributed by atoms with Crippen molar-refractivity contribution in [1.29, 1.82) is 0 Å². The van der Waals surface area contributed by atoms with Crippen molar-refractivity contribution in [1.82, 2.24) is 5.32 Å². The molecule has 0 bridgehead atoms. The molecule has 1 aliphatic carbocycles. The lowest BCUT2D eigenvalue weighted by Crippen LogP contribution is -3.10. The van der Waals surface area contributed by atoms with Crippen LogP contribution in [-0.2, 0) is 4.79 Å². The lowest BCUT2D eigenvalue weighted by atomic mass is 10.1. The molecule has 4 heteroatoms. The summed E-state index contributed by atoms with van der Waals surface area (Å²) in [6.45, 7) is 6.11. The van der Waals surface area contributed by atoms with Gasteiger partial charge in [-0.25, -0.2) is 0 Å². The average molecular weight is 277 g/mol.